The van der Waals surface area contributed by atoms with Gasteiger partial charge in [0.2, 0.25) is 5.91 Å². The number of hydrogen-bond acceptors (Lipinski definition) is 4. The fourth-order valence-electron chi connectivity index (χ4n) is 2.44. The molecule has 0 saturated carbocycles. The summed E-state index contributed by atoms with van der Waals surface area (Å²) in [5.74, 6) is 0.286. The van der Waals surface area contributed by atoms with E-state index in [2.05, 4.69) is 10.6 Å². The third-order valence-electron chi connectivity index (χ3n) is 4.17. The van der Waals surface area contributed by atoms with Gasteiger partial charge in [0.1, 0.15) is 5.76 Å². The van der Waals surface area contributed by atoms with E-state index in [0.29, 0.717) is 12.1 Å². The van der Waals surface area contributed by atoms with Gasteiger partial charge in [-0.15, -0.1) is 0 Å². The lowest BCUT2D eigenvalue weighted by atomic mass is 10.1. The van der Waals surface area contributed by atoms with Gasteiger partial charge in [-0.05, 0) is 63.3 Å². The van der Waals surface area contributed by atoms with Crippen LogP contribution in [0.4, 0.5) is 0 Å². The van der Waals surface area contributed by atoms with E-state index >= 15 is 0 Å². The average Bonchev–Trinajstić information content (AvgIpc) is 3.09. The summed E-state index contributed by atoms with van der Waals surface area (Å²) in [7, 11) is 3.84. The summed E-state index contributed by atoms with van der Waals surface area (Å²) in [5, 5.41) is 5.47. The van der Waals surface area contributed by atoms with Crippen molar-refractivity contribution in [1.29, 1.82) is 0 Å². The molecule has 2 aromatic rings. The summed E-state index contributed by atoms with van der Waals surface area (Å²) in [4.78, 5) is 26.1. The van der Waals surface area contributed by atoms with E-state index in [9.17, 15) is 9.59 Å². The Morgan fingerprint density at radius 1 is 1.12 bits per heavy atom. The average molecular weight is 343 g/mol. The lowest BCUT2D eigenvalue weighted by molar-refractivity contribution is -0.120. The Morgan fingerprint density at radius 2 is 1.88 bits per heavy atom. The molecule has 0 saturated heterocycles. The summed E-state index contributed by atoms with van der Waals surface area (Å²) in [5.41, 5.74) is 2.73. The number of aryl methyl sites for hydroxylation is 2. The van der Waals surface area contributed by atoms with Gasteiger partial charge >= 0.3 is 0 Å². The standard InChI is InChI=1S/C19H25N3O3/c1-13-7-8-15(10-14(13)2)19(24)21-12-18(23)20-11-16(22(3)4)17-6-5-9-25-17/h5-10,16H,11-12H2,1-4H3,(H,20,23)(H,21,24). The van der Waals surface area contributed by atoms with Gasteiger partial charge in [-0.3, -0.25) is 14.5 Å². The molecule has 1 heterocycles. The molecular weight excluding hydrogens is 318 g/mol. The molecular formula is C19H25N3O3. The number of nitrogens with one attached hydrogen (secondary N) is 2. The molecule has 0 aliphatic rings. The van der Waals surface area contributed by atoms with Crippen molar-refractivity contribution in [3.63, 3.8) is 0 Å². The maximum absolute atomic E-state index is 12.1. The Labute approximate surface area is 148 Å². The number of benzene rings is 1. The predicted molar refractivity (Wildman–Crippen MR) is 96.4 cm³/mol. The van der Waals surface area contributed by atoms with Gasteiger partial charge in [0.15, 0.2) is 0 Å². The van der Waals surface area contributed by atoms with Gasteiger partial charge < -0.3 is 15.1 Å². The Kier molecular flexibility index (Phi) is 6.36. The molecule has 0 spiro atoms. The van der Waals surface area contributed by atoms with Crippen LogP contribution in [0.2, 0.25) is 0 Å². The summed E-state index contributed by atoms with van der Waals surface area (Å²) in [6.07, 6.45) is 1.61. The zero-order chi connectivity index (χ0) is 18.4. The van der Waals surface area contributed by atoms with Gasteiger partial charge in [0.25, 0.3) is 5.91 Å². The number of rotatable bonds is 7. The SMILES string of the molecule is Cc1ccc(C(=O)NCC(=O)NCC(c2ccco2)N(C)C)cc1C. The zero-order valence-electron chi connectivity index (χ0n) is 15.1. The van der Waals surface area contributed by atoms with Crippen LogP contribution >= 0.6 is 0 Å². The van der Waals surface area contributed by atoms with Crippen molar-refractivity contribution in [2.45, 2.75) is 19.9 Å². The molecule has 0 aliphatic carbocycles. The number of furan rings is 1. The van der Waals surface area contributed by atoms with E-state index in [1.54, 1.807) is 12.3 Å². The summed E-state index contributed by atoms with van der Waals surface area (Å²) in [6, 6.07) is 9.11. The van der Waals surface area contributed by atoms with E-state index < -0.39 is 0 Å². The van der Waals surface area contributed by atoms with Gasteiger partial charge in [0.05, 0.1) is 18.8 Å². The number of nitrogens with zero attached hydrogens (tertiary/aromatic N) is 1. The molecule has 1 aromatic carbocycles. The minimum Gasteiger partial charge on any atom is -0.468 e. The second kappa shape index (κ2) is 8.48. The molecule has 1 atom stereocenters. The molecule has 0 aliphatic heterocycles. The van der Waals surface area contributed by atoms with Crippen LogP contribution in [0.5, 0.6) is 0 Å². The highest BCUT2D eigenvalue weighted by Gasteiger charge is 2.18. The van der Waals surface area contributed by atoms with Crippen LogP contribution in [-0.4, -0.2) is 43.9 Å². The smallest absolute Gasteiger partial charge is 0.251 e. The Hall–Kier alpha value is -2.60. The summed E-state index contributed by atoms with van der Waals surface area (Å²) < 4.78 is 5.40. The minimum absolute atomic E-state index is 0.0607. The molecule has 2 N–H and O–H groups in total. The number of hydrogen-bond donors (Lipinski definition) is 2. The quantitative estimate of drug-likeness (QED) is 0.807. The molecule has 2 amide bonds. The number of carbonyl (C=O) groups is 2. The highest BCUT2D eigenvalue weighted by atomic mass is 16.3. The van der Waals surface area contributed by atoms with Crippen LogP contribution in [0, 0.1) is 13.8 Å². The van der Waals surface area contributed by atoms with Crippen LogP contribution in [0.1, 0.15) is 33.3 Å². The van der Waals surface area contributed by atoms with E-state index in [1.807, 2.05) is 57.1 Å². The summed E-state index contributed by atoms with van der Waals surface area (Å²) >= 11 is 0. The van der Waals surface area contributed by atoms with Crippen LogP contribution in [0.3, 0.4) is 0 Å². The second-order valence-electron chi connectivity index (χ2n) is 6.28. The third kappa shape index (κ3) is 5.19. The highest BCUT2D eigenvalue weighted by molar-refractivity contribution is 5.96. The molecule has 1 unspecified atom stereocenters. The van der Waals surface area contributed by atoms with Crippen LogP contribution in [-0.2, 0) is 4.79 Å². The van der Waals surface area contributed by atoms with Crippen LogP contribution < -0.4 is 10.6 Å². The van der Waals surface area contributed by atoms with Gasteiger partial charge in [0, 0.05) is 12.1 Å². The fourth-order valence-corrected chi connectivity index (χ4v) is 2.44. The normalized spacial score (nSPS) is 12.0. The first-order valence-corrected chi connectivity index (χ1v) is 8.20. The van der Waals surface area contributed by atoms with Crippen molar-refractivity contribution in [3.05, 3.63) is 59.0 Å². The first-order valence-electron chi connectivity index (χ1n) is 8.20. The van der Waals surface area contributed by atoms with E-state index in [0.717, 1.165) is 16.9 Å². The zero-order valence-corrected chi connectivity index (χ0v) is 15.1. The fraction of sp³-hybridized carbons (Fsp3) is 0.368. The lowest BCUT2D eigenvalue weighted by Crippen LogP contribution is -2.40. The van der Waals surface area contributed by atoms with Gasteiger partial charge in [-0.2, -0.15) is 0 Å². The number of amides is 2. The predicted octanol–water partition coefficient (Wildman–Crippen LogP) is 2.05. The Bertz CT molecular complexity index is 724. The highest BCUT2D eigenvalue weighted by Crippen LogP contribution is 2.17. The molecule has 6 nitrogen and oxygen atoms in total. The topological polar surface area (TPSA) is 74.6 Å². The van der Waals surface area contributed by atoms with E-state index in [1.165, 1.54) is 0 Å². The van der Waals surface area contributed by atoms with Crippen molar-refractivity contribution in [2.75, 3.05) is 27.2 Å². The molecule has 0 fully saturated rings. The first kappa shape index (κ1) is 18.7. The van der Waals surface area contributed by atoms with Crippen molar-refractivity contribution in [1.82, 2.24) is 15.5 Å². The number of likely N-dealkylation sites (N-methyl/N-ethyl adjacent to an activating group) is 1. The Morgan fingerprint density at radius 3 is 2.48 bits per heavy atom. The number of carbonyl (C=O) groups excluding carboxylic acids is 2. The molecule has 0 bridgehead atoms. The second-order valence-corrected chi connectivity index (χ2v) is 6.28. The molecule has 25 heavy (non-hydrogen) atoms. The molecule has 2 rings (SSSR count). The Balaban J connectivity index is 1.83. The minimum atomic E-state index is -0.256. The molecule has 0 radical (unpaired) electrons. The van der Waals surface area contributed by atoms with Crippen molar-refractivity contribution < 1.29 is 14.0 Å². The summed E-state index contributed by atoms with van der Waals surface area (Å²) in [6.45, 7) is 4.28. The van der Waals surface area contributed by atoms with Crippen molar-refractivity contribution in [3.8, 4) is 0 Å². The largest absolute Gasteiger partial charge is 0.468 e. The van der Waals surface area contributed by atoms with Gasteiger partial charge in [-0.25, -0.2) is 0 Å². The molecule has 6 heteroatoms. The van der Waals surface area contributed by atoms with Crippen LogP contribution in [0.25, 0.3) is 0 Å². The lowest BCUT2D eigenvalue weighted by Gasteiger charge is -2.22. The molecule has 134 valence electrons. The van der Waals surface area contributed by atoms with E-state index in [-0.39, 0.29) is 24.4 Å². The third-order valence-corrected chi connectivity index (χ3v) is 4.17. The monoisotopic (exact) mass is 343 g/mol. The van der Waals surface area contributed by atoms with E-state index in [4.69, 9.17) is 4.42 Å². The maximum Gasteiger partial charge on any atom is 0.251 e. The van der Waals surface area contributed by atoms with Crippen LogP contribution in [0.15, 0.2) is 41.0 Å². The van der Waals surface area contributed by atoms with Gasteiger partial charge in [-0.1, -0.05) is 6.07 Å². The maximum atomic E-state index is 12.1. The first-order chi connectivity index (χ1) is 11.9. The molecule has 1 aromatic heterocycles. The van der Waals surface area contributed by atoms with Crippen molar-refractivity contribution in [2.24, 2.45) is 0 Å². The van der Waals surface area contributed by atoms with Crippen molar-refractivity contribution >= 4 is 11.8 Å².